The topological polar surface area (TPSA) is 32.3 Å². The van der Waals surface area contributed by atoms with Crippen molar-refractivity contribution in [2.45, 2.75) is 25.7 Å². The highest BCUT2D eigenvalue weighted by molar-refractivity contribution is 5.29. The van der Waals surface area contributed by atoms with Crippen LogP contribution in [0.2, 0.25) is 0 Å². The molecule has 2 aromatic carbocycles. The minimum atomic E-state index is -4.33. The van der Waals surface area contributed by atoms with Crippen molar-refractivity contribution in [3.63, 3.8) is 0 Å². The van der Waals surface area contributed by atoms with E-state index in [9.17, 15) is 18.3 Å². The van der Waals surface area contributed by atoms with Crippen molar-refractivity contribution in [3.05, 3.63) is 65.2 Å². The summed E-state index contributed by atoms with van der Waals surface area (Å²) in [6.45, 7) is 2.21. The van der Waals surface area contributed by atoms with E-state index in [0.717, 1.165) is 17.7 Å². The molecule has 0 aliphatic carbocycles. The Kier molecular flexibility index (Phi) is 4.53. The van der Waals surface area contributed by atoms with Gasteiger partial charge in [0.15, 0.2) is 0 Å². The molecular weight excluding hydrogens is 279 g/mol. The lowest BCUT2D eigenvalue weighted by atomic mass is 10.1. The van der Waals surface area contributed by atoms with E-state index in [1.165, 1.54) is 6.07 Å². The molecule has 2 nitrogen and oxygen atoms in total. The molecule has 0 saturated carbocycles. The Morgan fingerprint density at radius 3 is 2.48 bits per heavy atom. The first kappa shape index (κ1) is 15.4. The maximum atomic E-state index is 12.6. The van der Waals surface area contributed by atoms with Crippen LogP contribution < -0.4 is 5.32 Å². The van der Waals surface area contributed by atoms with Gasteiger partial charge in [0.05, 0.1) is 5.56 Å². The maximum Gasteiger partial charge on any atom is 0.416 e. The molecule has 0 saturated heterocycles. The lowest BCUT2D eigenvalue weighted by Gasteiger charge is -2.15. The van der Waals surface area contributed by atoms with E-state index in [4.69, 9.17) is 0 Å². The molecular formula is C16H16F3NO. The highest BCUT2D eigenvalue weighted by atomic mass is 19.4. The molecule has 1 atom stereocenters. The van der Waals surface area contributed by atoms with E-state index in [1.54, 1.807) is 24.3 Å². The van der Waals surface area contributed by atoms with Crippen LogP contribution in [0.15, 0.2) is 48.5 Å². The van der Waals surface area contributed by atoms with Crippen molar-refractivity contribution in [1.29, 1.82) is 0 Å². The lowest BCUT2D eigenvalue weighted by Crippen LogP contribution is -2.18. The SMILES string of the molecule is CC(NCc1cccc(C(F)(F)F)c1)c1cccc(O)c1. The van der Waals surface area contributed by atoms with Gasteiger partial charge < -0.3 is 10.4 Å². The normalized spacial score (nSPS) is 13.1. The van der Waals surface area contributed by atoms with E-state index < -0.39 is 11.7 Å². The maximum absolute atomic E-state index is 12.6. The number of nitrogens with one attached hydrogen (secondary N) is 1. The molecule has 0 spiro atoms. The molecule has 0 fully saturated rings. The predicted octanol–water partition coefficient (Wildman–Crippen LogP) is 4.26. The van der Waals surface area contributed by atoms with Crippen LogP contribution in [-0.2, 0) is 12.7 Å². The third kappa shape index (κ3) is 4.23. The standard InChI is InChI=1S/C16H16F3NO/c1-11(13-5-3-7-15(21)9-13)20-10-12-4-2-6-14(8-12)16(17,18)19/h2-9,11,20-21H,10H2,1H3. The zero-order chi connectivity index (χ0) is 15.5. The fourth-order valence-electron chi connectivity index (χ4n) is 2.04. The molecule has 112 valence electrons. The summed E-state index contributed by atoms with van der Waals surface area (Å²) in [6, 6.07) is 12.0. The predicted molar refractivity (Wildman–Crippen MR) is 74.8 cm³/mol. The van der Waals surface area contributed by atoms with Crippen LogP contribution in [0.1, 0.15) is 29.7 Å². The first-order valence-corrected chi connectivity index (χ1v) is 6.55. The number of hydrogen-bond donors (Lipinski definition) is 2. The molecule has 21 heavy (non-hydrogen) atoms. The van der Waals surface area contributed by atoms with E-state index in [-0.39, 0.29) is 11.8 Å². The summed E-state index contributed by atoms with van der Waals surface area (Å²) in [7, 11) is 0. The average Bonchev–Trinajstić information content (AvgIpc) is 2.44. The van der Waals surface area contributed by atoms with Gasteiger partial charge in [-0.3, -0.25) is 0 Å². The van der Waals surface area contributed by atoms with Gasteiger partial charge in [-0.05, 0) is 36.2 Å². The Balaban J connectivity index is 2.03. The summed E-state index contributed by atoms with van der Waals surface area (Å²) in [6.07, 6.45) is -4.33. The van der Waals surface area contributed by atoms with Gasteiger partial charge in [-0.25, -0.2) is 0 Å². The minimum Gasteiger partial charge on any atom is -0.508 e. The molecule has 5 heteroatoms. The monoisotopic (exact) mass is 295 g/mol. The zero-order valence-corrected chi connectivity index (χ0v) is 11.5. The van der Waals surface area contributed by atoms with Gasteiger partial charge in [0, 0.05) is 12.6 Å². The Morgan fingerprint density at radius 2 is 1.81 bits per heavy atom. The molecule has 0 heterocycles. The number of rotatable bonds is 4. The summed E-state index contributed by atoms with van der Waals surface area (Å²) in [4.78, 5) is 0. The zero-order valence-electron chi connectivity index (χ0n) is 11.5. The second kappa shape index (κ2) is 6.18. The van der Waals surface area contributed by atoms with Crippen LogP contribution in [0, 0.1) is 0 Å². The fraction of sp³-hybridized carbons (Fsp3) is 0.250. The lowest BCUT2D eigenvalue weighted by molar-refractivity contribution is -0.137. The van der Waals surface area contributed by atoms with Crippen molar-refractivity contribution in [1.82, 2.24) is 5.32 Å². The first-order chi connectivity index (χ1) is 9.86. The van der Waals surface area contributed by atoms with Crippen molar-refractivity contribution < 1.29 is 18.3 Å². The van der Waals surface area contributed by atoms with Gasteiger partial charge in [0.25, 0.3) is 0 Å². The van der Waals surface area contributed by atoms with Crippen LogP contribution in [0.3, 0.4) is 0 Å². The summed E-state index contributed by atoms with van der Waals surface area (Å²) in [5, 5.41) is 12.6. The summed E-state index contributed by atoms with van der Waals surface area (Å²) < 4.78 is 37.9. The number of alkyl halides is 3. The van der Waals surface area contributed by atoms with Crippen molar-refractivity contribution in [2.24, 2.45) is 0 Å². The molecule has 0 aliphatic rings. The number of phenolic OH excluding ortho intramolecular Hbond substituents is 1. The molecule has 0 bridgehead atoms. The summed E-state index contributed by atoms with van der Waals surface area (Å²) >= 11 is 0. The smallest absolute Gasteiger partial charge is 0.416 e. The van der Waals surface area contributed by atoms with Crippen molar-refractivity contribution >= 4 is 0 Å². The second-order valence-electron chi connectivity index (χ2n) is 4.90. The number of halogens is 3. The molecule has 2 rings (SSSR count). The fourth-order valence-corrected chi connectivity index (χ4v) is 2.04. The third-order valence-electron chi connectivity index (χ3n) is 3.24. The highest BCUT2D eigenvalue weighted by Gasteiger charge is 2.30. The van der Waals surface area contributed by atoms with Crippen molar-refractivity contribution in [2.75, 3.05) is 0 Å². The van der Waals surface area contributed by atoms with Gasteiger partial charge >= 0.3 is 6.18 Å². The number of aromatic hydroxyl groups is 1. The highest BCUT2D eigenvalue weighted by Crippen LogP contribution is 2.29. The van der Waals surface area contributed by atoms with E-state index in [2.05, 4.69) is 5.32 Å². The van der Waals surface area contributed by atoms with Gasteiger partial charge in [-0.15, -0.1) is 0 Å². The summed E-state index contributed by atoms with van der Waals surface area (Å²) in [5.41, 5.74) is 0.797. The van der Waals surface area contributed by atoms with E-state index >= 15 is 0 Å². The second-order valence-corrected chi connectivity index (χ2v) is 4.90. The minimum absolute atomic E-state index is 0.0772. The van der Waals surface area contributed by atoms with Crippen LogP contribution in [0.25, 0.3) is 0 Å². The molecule has 0 radical (unpaired) electrons. The molecule has 0 aromatic heterocycles. The van der Waals surface area contributed by atoms with Crippen molar-refractivity contribution in [3.8, 4) is 5.75 Å². The Bertz CT molecular complexity index is 610. The third-order valence-corrected chi connectivity index (χ3v) is 3.24. The first-order valence-electron chi connectivity index (χ1n) is 6.55. The van der Waals surface area contributed by atoms with Crippen LogP contribution in [-0.4, -0.2) is 5.11 Å². The van der Waals surface area contributed by atoms with E-state index in [0.29, 0.717) is 12.1 Å². The number of benzene rings is 2. The summed E-state index contributed by atoms with van der Waals surface area (Å²) in [5.74, 6) is 0.167. The van der Waals surface area contributed by atoms with Crippen LogP contribution in [0.5, 0.6) is 5.75 Å². The Hall–Kier alpha value is -2.01. The molecule has 1 unspecified atom stereocenters. The Labute approximate surface area is 121 Å². The largest absolute Gasteiger partial charge is 0.508 e. The van der Waals surface area contributed by atoms with Gasteiger partial charge in [0.1, 0.15) is 5.75 Å². The van der Waals surface area contributed by atoms with Gasteiger partial charge in [0.2, 0.25) is 0 Å². The van der Waals surface area contributed by atoms with Gasteiger partial charge in [-0.2, -0.15) is 13.2 Å². The molecule has 0 amide bonds. The molecule has 0 aliphatic heterocycles. The number of hydrogen-bond acceptors (Lipinski definition) is 2. The van der Waals surface area contributed by atoms with Crippen LogP contribution in [0.4, 0.5) is 13.2 Å². The van der Waals surface area contributed by atoms with E-state index in [1.807, 2.05) is 13.0 Å². The molecule has 2 aromatic rings. The van der Waals surface area contributed by atoms with Crippen LogP contribution >= 0.6 is 0 Å². The van der Waals surface area contributed by atoms with Gasteiger partial charge in [-0.1, -0.05) is 30.3 Å². The molecule has 2 N–H and O–H groups in total. The number of phenols is 1. The quantitative estimate of drug-likeness (QED) is 0.883. The Morgan fingerprint density at radius 1 is 1.10 bits per heavy atom. The average molecular weight is 295 g/mol.